The molecule has 0 aromatic heterocycles. The number of hydrogen-bond donors (Lipinski definition) is 5. The molecule has 1 heterocycles. The van der Waals surface area contributed by atoms with E-state index in [0.717, 1.165) is 0 Å². The van der Waals surface area contributed by atoms with Crippen LogP contribution in [0.4, 0.5) is 0 Å². The number of hydrogen-bond acceptors (Lipinski definition) is 6. The molecule has 0 aromatic carbocycles. The van der Waals surface area contributed by atoms with E-state index >= 15 is 0 Å². The van der Waals surface area contributed by atoms with Crippen molar-refractivity contribution in [3.05, 3.63) is 0 Å². The molecule has 0 spiro atoms. The maximum Gasteiger partial charge on any atom is 0.326 e. The fourth-order valence-electron chi connectivity index (χ4n) is 2.36. The zero-order valence-corrected chi connectivity index (χ0v) is 13.4. The van der Waals surface area contributed by atoms with E-state index in [2.05, 4.69) is 17.9 Å². The Morgan fingerprint density at radius 1 is 1.30 bits per heavy atom. The van der Waals surface area contributed by atoms with Gasteiger partial charge in [-0.15, -0.1) is 0 Å². The number of carbonyl (C=O) groups excluding carboxylic acids is 2. The zero-order valence-electron chi connectivity index (χ0n) is 12.5. The van der Waals surface area contributed by atoms with Crippen LogP contribution in [0.2, 0.25) is 0 Å². The lowest BCUT2D eigenvalue weighted by Crippen LogP contribution is -2.55. The van der Waals surface area contributed by atoms with Crippen molar-refractivity contribution in [1.82, 2.24) is 10.2 Å². The normalized spacial score (nSPS) is 19.9. The van der Waals surface area contributed by atoms with Gasteiger partial charge in [-0.2, -0.15) is 12.6 Å². The highest BCUT2D eigenvalue weighted by Crippen LogP contribution is 2.18. The van der Waals surface area contributed by atoms with E-state index in [1.54, 1.807) is 0 Å². The van der Waals surface area contributed by atoms with Gasteiger partial charge in [0.1, 0.15) is 12.1 Å². The fourth-order valence-corrected chi connectivity index (χ4v) is 2.61. The van der Waals surface area contributed by atoms with Gasteiger partial charge in [0.15, 0.2) is 0 Å². The molecule has 2 amide bonds. The van der Waals surface area contributed by atoms with Crippen LogP contribution in [0.3, 0.4) is 0 Å². The molecule has 0 aliphatic carbocycles. The Bertz CT molecular complexity index is 486. The molecule has 9 nitrogen and oxygen atoms in total. The number of rotatable bonds is 8. The molecule has 1 rings (SSSR count). The molecule has 1 fully saturated rings. The summed E-state index contributed by atoms with van der Waals surface area (Å²) in [6.45, 7) is 0.307. The van der Waals surface area contributed by atoms with Crippen LogP contribution >= 0.6 is 12.6 Å². The van der Waals surface area contributed by atoms with E-state index in [1.165, 1.54) is 4.90 Å². The van der Waals surface area contributed by atoms with Gasteiger partial charge in [0.25, 0.3) is 0 Å². The number of nitrogens with zero attached hydrogens (tertiary/aromatic N) is 1. The molecule has 0 bridgehead atoms. The summed E-state index contributed by atoms with van der Waals surface area (Å²) in [6.07, 6.45) is 0.623. The number of aliphatic carboxylic acids is 2. The molecule has 10 heteroatoms. The number of thiol groups is 1. The van der Waals surface area contributed by atoms with Crippen molar-refractivity contribution in [3.63, 3.8) is 0 Å². The van der Waals surface area contributed by atoms with Crippen LogP contribution in [0.5, 0.6) is 0 Å². The van der Waals surface area contributed by atoms with Crippen molar-refractivity contribution in [2.45, 2.75) is 43.8 Å². The average Bonchev–Trinajstić information content (AvgIpc) is 2.98. The third kappa shape index (κ3) is 5.39. The van der Waals surface area contributed by atoms with Crippen LogP contribution in [0.1, 0.15) is 25.7 Å². The fraction of sp³-hybridized carbons (Fsp3) is 0.692. The Balaban J connectivity index is 2.65. The molecule has 0 unspecified atom stereocenters. The monoisotopic (exact) mass is 347 g/mol. The Kier molecular flexibility index (Phi) is 7.30. The van der Waals surface area contributed by atoms with Gasteiger partial charge in [0.05, 0.1) is 6.04 Å². The maximum absolute atomic E-state index is 12.4. The van der Waals surface area contributed by atoms with Crippen LogP contribution < -0.4 is 11.1 Å². The zero-order chi connectivity index (χ0) is 17.6. The largest absolute Gasteiger partial charge is 0.481 e. The van der Waals surface area contributed by atoms with Gasteiger partial charge in [0.2, 0.25) is 11.8 Å². The summed E-state index contributed by atoms with van der Waals surface area (Å²) in [5.41, 5.74) is 5.58. The van der Waals surface area contributed by atoms with Crippen LogP contribution in [-0.2, 0) is 19.2 Å². The summed E-state index contributed by atoms with van der Waals surface area (Å²) < 4.78 is 0. The molecule has 0 radical (unpaired) electrons. The number of carboxylic acid groups (broad SMARTS) is 2. The maximum atomic E-state index is 12.4. The van der Waals surface area contributed by atoms with Gasteiger partial charge in [-0.1, -0.05) is 0 Å². The lowest BCUT2D eigenvalue weighted by atomic mass is 10.1. The minimum atomic E-state index is -1.08. The molecule has 0 aromatic rings. The molecule has 130 valence electrons. The van der Waals surface area contributed by atoms with Gasteiger partial charge in [-0.05, 0) is 19.3 Å². The van der Waals surface area contributed by atoms with E-state index < -0.39 is 41.9 Å². The van der Waals surface area contributed by atoms with E-state index in [9.17, 15) is 19.2 Å². The minimum absolute atomic E-state index is 0.0148. The minimum Gasteiger partial charge on any atom is -0.481 e. The van der Waals surface area contributed by atoms with Gasteiger partial charge in [-0.3, -0.25) is 14.4 Å². The van der Waals surface area contributed by atoms with Gasteiger partial charge < -0.3 is 26.2 Å². The van der Waals surface area contributed by atoms with Crippen LogP contribution in [0, 0.1) is 0 Å². The summed E-state index contributed by atoms with van der Waals surface area (Å²) in [5.74, 6) is -3.36. The Morgan fingerprint density at radius 3 is 2.48 bits per heavy atom. The molecular formula is C13H21N3O6S. The number of amides is 2. The highest BCUT2D eigenvalue weighted by molar-refractivity contribution is 7.80. The number of nitrogens with one attached hydrogen (secondary N) is 1. The highest BCUT2D eigenvalue weighted by Gasteiger charge is 2.37. The third-order valence-corrected chi connectivity index (χ3v) is 3.99. The van der Waals surface area contributed by atoms with Crippen molar-refractivity contribution >= 4 is 36.4 Å². The molecular weight excluding hydrogens is 326 g/mol. The van der Waals surface area contributed by atoms with Crippen LogP contribution in [0.15, 0.2) is 0 Å². The number of carboxylic acids is 2. The molecule has 23 heavy (non-hydrogen) atoms. The summed E-state index contributed by atoms with van der Waals surface area (Å²) in [5, 5.41) is 20.1. The molecule has 3 atom stereocenters. The van der Waals surface area contributed by atoms with Crippen molar-refractivity contribution in [2.24, 2.45) is 5.73 Å². The molecule has 0 saturated carbocycles. The number of carbonyl (C=O) groups is 4. The summed E-state index contributed by atoms with van der Waals surface area (Å²) >= 11 is 4.01. The van der Waals surface area contributed by atoms with Crippen LogP contribution in [-0.4, -0.2) is 69.3 Å². The number of likely N-dealkylation sites (tertiary alicyclic amines) is 1. The van der Waals surface area contributed by atoms with Crippen molar-refractivity contribution < 1.29 is 29.4 Å². The first-order chi connectivity index (χ1) is 10.8. The predicted octanol–water partition coefficient (Wildman–Crippen LogP) is -1.33. The standard InChI is InChI=1S/C13H21N3O6S/c14-7(3-4-10(17)18)11(19)15-8(6-23)12(20)16-5-1-2-9(16)13(21)22/h7-9,23H,1-6,14H2,(H,15,19)(H,17,18)(H,21,22)/t7-,8-,9+/m0/s1. The Hall–Kier alpha value is -1.81. The van der Waals surface area contributed by atoms with E-state index in [1.807, 2.05) is 0 Å². The molecule has 1 aliphatic rings. The van der Waals surface area contributed by atoms with E-state index in [0.29, 0.717) is 19.4 Å². The smallest absolute Gasteiger partial charge is 0.326 e. The second kappa shape index (κ2) is 8.73. The Labute approximate surface area is 138 Å². The first-order valence-corrected chi connectivity index (χ1v) is 7.83. The molecule has 1 saturated heterocycles. The first-order valence-electron chi connectivity index (χ1n) is 7.19. The second-order valence-electron chi connectivity index (χ2n) is 5.31. The molecule has 5 N–H and O–H groups in total. The molecule has 1 aliphatic heterocycles. The van der Waals surface area contributed by atoms with Crippen molar-refractivity contribution in [1.29, 1.82) is 0 Å². The predicted molar refractivity (Wildman–Crippen MR) is 83.0 cm³/mol. The summed E-state index contributed by atoms with van der Waals surface area (Å²) in [4.78, 5) is 47.1. The van der Waals surface area contributed by atoms with Gasteiger partial charge in [0, 0.05) is 18.7 Å². The van der Waals surface area contributed by atoms with Gasteiger partial charge >= 0.3 is 11.9 Å². The quantitative estimate of drug-likeness (QED) is 0.341. The second-order valence-corrected chi connectivity index (χ2v) is 5.68. The SMILES string of the molecule is N[C@@H](CCC(=O)O)C(=O)N[C@@H](CS)C(=O)N1CCC[C@@H]1C(=O)O. The first kappa shape index (κ1) is 19.2. The topological polar surface area (TPSA) is 150 Å². The lowest BCUT2D eigenvalue weighted by Gasteiger charge is -2.27. The van der Waals surface area contributed by atoms with Gasteiger partial charge in [-0.25, -0.2) is 4.79 Å². The van der Waals surface area contributed by atoms with E-state index in [4.69, 9.17) is 15.9 Å². The average molecular weight is 347 g/mol. The van der Waals surface area contributed by atoms with Crippen LogP contribution in [0.25, 0.3) is 0 Å². The summed E-state index contributed by atoms with van der Waals surface area (Å²) in [6, 6.07) is -2.96. The highest BCUT2D eigenvalue weighted by atomic mass is 32.1. The third-order valence-electron chi connectivity index (χ3n) is 3.62. The summed E-state index contributed by atoms with van der Waals surface area (Å²) in [7, 11) is 0. The lowest BCUT2D eigenvalue weighted by molar-refractivity contribution is -0.149. The van der Waals surface area contributed by atoms with Crippen molar-refractivity contribution in [3.8, 4) is 0 Å². The van der Waals surface area contributed by atoms with E-state index in [-0.39, 0.29) is 18.6 Å². The Morgan fingerprint density at radius 2 is 1.96 bits per heavy atom. The van der Waals surface area contributed by atoms with Crippen molar-refractivity contribution in [2.75, 3.05) is 12.3 Å². The number of nitrogens with two attached hydrogens (primary N) is 1.